The molecular weight excluding hydrogens is 242 g/mol. The van der Waals surface area contributed by atoms with Crippen molar-refractivity contribution in [1.29, 1.82) is 0 Å². The van der Waals surface area contributed by atoms with Crippen LogP contribution in [0.25, 0.3) is 0 Å². The van der Waals surface area contributed by atoms with E-state index < -0.39 is 6.10 Å². The van der Waals surface area contributed by atoms with Crippen LogP contribution >= 0.6 is 0 Å². The fraction of sp³-hybridized carbons (Fsp3) is 0.600. The van der Waals surface area contributed by atoms with E-state index in [-0.39, 0.29) is 24.3 Å². The molecule has 0 aliphatic carbocycles. The van der Waals surface area contributed by atoms with Gasteiger partial charge in [0.15, 0.2) is 0 Å². The molecule has 0 saturated heterocycles. The van der Waals surface area contributed by atoms with Crippen molar-refractivity contribution in [2.75, 3.05) is 0 Å². The van der Waals surface area contributed by atoms with E-state index in [2.05, 4.69) is 0 Å². The summed E-state index contributed by atoms with van der Waals surface area (Å²) in [6, 6.07) is 4.98. The molecule has 0 radical (unpaired) electrons. The van der Waals surface area contributed by atoms with Gasteiger partial charge in [-0.1, -0.05) is 26.3 Å². The molecule has 4 heteroatoms. The molecule has 0 amide bonds. The SMILES string of the molecule is CCCC(N)C(O)CC(C)c1ccc(O)c(CO)c1. The molecule has 0 aliphatic heterocycles. The number of hydrogen-bond acceptors (Lipinski definition) is 4. The van der Waals surface area contributed by atoms with Gasteiger partial charge in [0.2, 0.25) is 0 Å². The number of hydrogen-bond donors (Lipinski definition) is 4. The van der Waals surface area contributed by atoms with Gasteiger partial charge in [-0.25, -0.2) is 0 Å². The van der Waals surface area contributed by atoms with Crippen LogP contribution in [0.3, 0.4) is 0 Å². The average Bonchev–Trinajstić information content (AvgIpc) is 2.39. The van der Waals surface area contributed by atoms with Gasteiger partial charge in [0.25, 0.3) is 0 Å². The van der Waals surface area contributed by atoms with Gasteiger partial charge >= 0.3 is 0 Å². The highest BCUT2D eigenvalue weighted by molar-refractivity contribution is 5.37. The topological polar surface area (TPSA) is 86.7 Å². The molecule has 19 heavy (non-hydrogen) atoms. The minimum atomic E-state index is -0.527. The zero-order valence-corrected chi connectivity index (χ0v) is 11.7. The van der Waals surface area contributed by atoms with Crippen LogP contribution in [0, 0.1) is 0 Å². The van der Waals surface area contributed by atoms with Crippen molar-refractivity contribution in [1.82, 2.24) is 0 Å². The van der Waals surface area contributed by atoms with E-state index in [0.29, 0.717) is 12.0 Å². The highest BCUT2D eigenvalue weighted by atomic mass is 16.3. The molecule has 108 valence electrons. The monoisotopic (exact) mass is 267 g/mol. The summed E-state index contributed by atoms with van der Waals surface area (Å²) < 4.78 is 0. The van der Waals surface area contributed by atoms with Gasteiger partial charge in [0.1, 0.15) is 5.75 Å². The first-order valence-corrected chi connectivity index (χ1v) is 6.85. The third kappa shape index (κ3) is 4.49. The van der Waals surface area contributed by atoms with E-state index in [0.717, 1.165) is 18.4 Å². The fourth-order valence-corrected chi connectivity index (χ4v) is 2.24. The van der Waals surface area contributed by atoms with E-state index in [4.69, 9.17) is 10.8 Å². The number of nitrogens with two attached hydrogens (primary N) is 1. The highest BCUT2D eigenvalue weighted by Crippen LogP contribution is 2.27. The Hall–Kier alpha value is -1.10. The largest absolute Gasteiger partial charge is 0.508 e. The summed E-state index contributed by atoms with van der Waals surface area (Å²) in [5.74, 6) is 0.227. The zero-order chi connectivity index (χ0) is 14.4. The van der Waals surface area contributed by atoms with E-state index in [1.165, 1.54) is 0 Å². The lowest BCUT2D eigenvalue weighted by Crippen LogP contribution is -2.35. The van der Waals surface area contributed by atoms with Crippen LogP contribution in [0.1, 0.15) is 50.2 Å². The summed E-state index contributed by atoms with van der Waals surface area (Å²) in [5, 5.41) is 28.7. The van der Waals surface area contributed by atoms with Crippen molar-refractivity contribution in [3.63, 3.8) is 0 Å². The molecule has 0 saturated carbocycles. The van der Waals surface area contributed by atoms with Gasteiger partial charge in [0.05, 0.1) is 12.7 Å². The Labute approximate surface area is 114 Å². The van der Waals surface area contributed by atoms with Crippen molar-refractivity contribution < 1.29 is 15.3 Å². The smallest absolute Gasteiger partial charge is 0.121 e. The molecule has 5 N–H and O–H groups in total. The van der Waals surface area contributed by atoms with Crippen LogP contribution in [0.2, 0.25) is 0 Å². The van der Waals surface area contributed by atoms with E-state index in [9.17, 15) is 10.2 Å². The Morgan fingerprint density at radius 2 is 2.00 bits per heavy atom. The molecule has 1 rings (SSSR count). The number of benzene rings is 1. The minimum absolute atomic E-state index is 0.0988. The Kier molecular flexibility index (Phi) is 6.28. The molecule has 4 nitrogen and oxygen atoms in total. The molecule has 0 aromatic heterocycles. The molecule has 0 heterocycles. The summed E-state index contributed by atoms with van der Waals surface area (Å²) in [6.45, 7) is 3.86. The minimum Gasteiger partial charge on any atom is -0.508 e. The lowest BCUT2D eigenvalue weighted by Gasteiger charge is -2.22. The average molecular weight is 267 g/mol. The quantitative estimate of drug-likeness (QED) is 0.607. The van der Waals surface area contributed by atoms with E-state index >= 15 is 0 Å². The first-order valence-electron chi connectivity index (χ1n) is 6.85. The molecule has 3 atom stereocenters. The third-order valence-electron chi connectivity index (χ3n) is 3.55. The summed E-state index contributed by atoms with van der Waals surface area (Å²) in [4.78, 5) is 0. The fourth-order valence-electron chi connectivity index (χ4n) is 2.24. The van der Waals surface area contributed by atoms with Gasteiger partial charge < -0.3 is 21.1 Å². The number of aliphatic hydroxyl groups is 2. The van der Waals surface area contributed by atoms with Crippen molar-refractivity contribution in [2.24, 2.45) is 5.73 Å². The predicted molar refractivity (Wildman–Crippen MR) is 76.0 cm³/mol. The number of rotatable bonds is 7. The van der Waals surface area contributed by atoms with Crippen molar-refractivity contribution in [3.8, 4) is 5.75 Å². The Morgan fingerprint density at radius 1 is 1.32 bits per heavy atom. The maximum atomic E-state index is 10.0. The van der Waals surface area contributed by atoms with Gasteiger partial charge in [-0.05, 0) is 36.5 Å². The van der Waals surface area contributed by atoms with Crippen LogP contribution < -0.4 is 5.73 Å². The summed E-state index contributed by atoms with van der Waals surface area (Å²) >= 11 is 0. The molecule has 0 fully saturated rings. The maximum absolute atomic E-state index is 10.0. The van der Waals surface area contributed by atoms with E-state index in [1.54, 1.807) is 12.1 Å². The first-order chi connectivity index (χ1) is 8.99. The standard InChI is InChI=1S/C15H25NO3/c1-3-4-13(16)15(19)7-10(2)11-5-6-14(18)12(8-11)9-17/h5-6,8,10,13,15,17-19H,3-4,7,9,16H2,1-2H3. The van der Waals surface area contributed by atoms with E-state index in [1.807, 2.05) is 19.9 Å². The molecule has 1 aromatic rings. The summed E-state index contributed by atoms with van der Waals surface area (Å²) in [5.41, 5.74) is 7.41. The van der Waals surface area contributed by atoms with Crippen LogP contribution in [0.5, 0.6) is 5.75 Å². The van der Waals surface area contributed by atoms with Crippen molar-refractivity contribution in [3.05, 3.63) is 29.3 Å². The molecule has 0 bridgehead atoms. The Balaban J connectivity index is 2.69. The van der Waals surface area contributed by atoms with Crippen molar-refractivity contribution >= 4 is 0 Å². The number of aromatic hydroxyl groups is 1. The van der Waals surface area contributed by atoms with Gasteiger partial charge in [-0.15, -0.1) is 0 Å². The lowest BCUT2D eigenvalue weighted by atomic mass is 9.90. The summed E-state index contributed by atoms with van der Waals surface area (Å²) in [6.07, 6.45) is 1.82. The molecule has 0 aliphatic rings. The van der Waals surface area contributed by atoms with Gasteiger partial charge in [-0.2, -0.15) is 0 Å². The van der Waals surface area contributed by atoms with Gasteiger partial charge in [-0.3, -0.25) is 0 Å². The maximum Gasteiger partial charge on any atom is 0.121 e. The lowest BCUT2D eigenvalue weighted by molar-refractivity contribution is 0.124. The van der Waals surface area contributed by atoms with Crippen LogP contribution in [0.15, 0.2) is 18.2 Å². The Bertz CT molecular complexity index is 395. The summed E-state index contributed by atoms with van der Waals surface area (Å²) in [7, 11) is 0. The van der Waals surface area contributed by atoms with Crippen LogP contribution in [-0.4, -0.2) is 27.5 Å². The van der Waals surface area contributed by atoms with Crippen molar-refractivity contribution in [2.45, 2.75) is 57.8 Å². The molecule has 3 unspecified atom stereocenters. The zero-order valence-electron chi connectivity index (χ0n) is 11.7. The predicted octanol–water partition coefficient (Wildman–Crippen LogP) is 1.87. The molecule has 0 spiro atoms. The first kappa shape index (κ1) is 16.0. The molecular formula is C15H25NO3. The van der Waals surface area contributed by atoms with Crippen LogP contribution in [0.4, 0.5) is 0 Å². The molecule has 1 aromatic carbocycles. The second kappa shape index (κ2) is 7.48. The third-order valence-corrected chi connectivity index (χ3v) is 3.55. The Morgan fingerprint density at radius 3 is 2.58 bits per heavy atom. The number of aliphatic hydroxyl groups excluding tert-OH is 2. The normalized spacial score (nSPS) is 16.1. The number of phenols is 1. The second-order valence-electron chi connectivity index (χ2n) is 5.20. The highest BCUT2D eigenvalue weighted by Gasteiger charge is 2.18. The van der Waals surface area contributed by atoms with Gasteiger partial charge in [0, 0.05) is 11.6 Å². The second-order valence-corrected chi connectivity index (χ2v) is 5.20. The van der Waals surface area contributed by atoms with Crippen LogP contribution in [-0.2, 0) is 6.61 Å².